The molecular formula is C15H16ClN3O3S. The quantitative estimate of drug-likeness (QED) is 0.747. The Balaban J connectivity index is 1.58. The van der Waals surface area contributed by atoms with Crippen molar-refractivity contribution in [3.8, 4) is 0 Å². The predicted octanol–water partition coefficient (Wildman–Crippen LogP) is 1.01. The third-order valence-electron chi connectivity index (χ3n) is 4.72. The zero-order valence-electron chi connectivity index (χ0n) is 12.3. The van der Waals surface area contributed by atoms with Crippen molar-refractivity contribution in [3.05, 3.63) is 21.9 Å². The molecular weight excluding hydrogens is 338 g/mol. The molecule has 0 aromatic carbocycles. The maximum Gasteiger partial charge on any atom is 0.226 e. The maximum atomic E-state index is 12.6. The van der Waals surface area contributed by atoms with Crippen LogP contribution in [0.4, 0.5) is 0 Å². The summed E-state index contributed by atoms with van der Waals surface area (Å²) in [5.41, 5.74) is 1.17. The molecule has 1 aliphatic heterocycles. The van der Waals surface area contributed by atoms with Gasteiger partial charge in [0.25, 0.3) is 0 Å². The van der Waals surface area contributed by atoms with Crippen LogP contribution in [0.1, 0.15) is 16.9 Å². The molecule has 3 atom stereocenters. The van der Waals surface area contributed by atoms with Gasteiger partial charge in [0.05, 0.1) is 17.6 Å². The van der Waals surface area contributed by atoms with Crippen molar-refractivity contribution in [2.75, 3.05) is 13.1 Å². The number of carbonyl (C=O) groups is 1. The molecule has 2 aliphatic rings. The molecule has 0 bridgehead atoms. The molecule has 122 valence electrons. The van der Waals surface area contributed by atoms with Crippen LogP contribution < -0.4 is 0 Å². The van der Waals surface area contributed by atoms with Gasteiger partial charge in [-0.25, -0.2) is 9.97 Å². The van der Waals surface area contributed by atoms with E-state index in [-0.39, 0.29) is 24.9 Å². The Bertz CT molecular complexity index is 771. The number of hydrogen-bond acceptors (Lipinski definition) is 6. The highest BCUT2D eigenvalue weighted by Gasteiger charge is 2.37. The summed E-state index contributed by atoms with van der Waals surface area (Å²) in [5.74, 6) is -0.0966. The number of carbonyl (C=O) groups excluding carboxylic acids is 1. The molecule has 3 heterocycles. The highest BCUT2D eigenvalue weighted by Crippen LogP contribution is 2.40. The fourth-order valence-electron chi connectivity index (χ4n) is 3.49. The normalized spacial score (nSPS) is 27.4. The monoisotopic (exact) mass is 353 g/mol. The smallest absolute Gasteiger partial charge is 0.226 e. The van der Waals surface area contributed by atoms with Crippen molar-refractivity contribution >= 4 is 39.1 Å². The summed E-state index contributed by atoms with van der Waals surface area (Å²) in [6, 6.07) is 0. The number of β-amino-alcohol motifs (C(OH)–C–C–N with tert-alkyl or cyclic N) is 2. The van der Waals surface area contributed by atoms with Gasteiger partial charge in [-0.2, -0.15) is 0 Å². The molecule has 0 radical (unpaired) electrons. The summed E-state index contributed by atoms with van der Waals surface area (Å²) in [7, 11) is 0. The van der Waals surface area contributed by atoms with Crippen LogP contribution in [0.5, 0.6) is 0 Å². The molecule has 2 aromatic rings. The number of hydrogen-bond donors (Lipinski definition) is 2. The molecule has 0 unspecified atom stereocenters. The van der Waals surface area contributed by atoms with Gasteiger partial charge in [-0.1, -0.05) is 11.6 Å². The van der Waals surface area contributed by atoms with Gasteiger partial charge in [-0.05, 0) is 24.8 Å². The topological polar surface area (TPSA) is 86.6 Å². The first-order valence-electron chi connectivity index (χ1n) is 7.60. The lowest BCUT2D eigenvalue weighted by Crippen LogP contribution is -2.37. The van der Waals surface area contributed by atoms with Crippen molar-refractivity contribution < 1.29 is 15.0 Å². The number of aliphatic hydroxyl groups excluding tert-OH is 2. The summed E-state index contributed by atoms with van der Waals surface area (Å²) in [6.07, 6.45) is 1.97. The first kappa shape index (κ1) is 15.3. The van der Waals surface area contributed by atoms with E-state index in [1.165, 1.54) is 11.9 Å². The van der Waals surface area contributed by atoms with Gasteiger partial charge < -0.3 is 15.1 Å². The second-order valence-electron chi connectivity index (χ2n) is 6.17. The SMILES string of the molecule is O=C([C@H]1CCc2c(sc3ncnc(Cl)c23)C1)N1C[C@@H](O)[C@H](O)C1. The van der Waals surface area contributed by atoms with Crippen LogP contribution in [0.25, 0.3) is 10.2 Å². The minimum absolute atomic E-state index is 0.0147. The Kier molecular flexibility index (Phi) is 3.76. The highest BCUT2D eigenvalue weighted by atomic mass is 35.5. The van der Waals surface area contributed by atoms with Crippen molar-refractivity contribution in [2.45, 2.75) is 31.5 Å². The van der Waals surface area contributed by atoms with E-state index in [0.717, 1.165) is 27.9 Å². The summed E-state index contributed by atoms with van der Waals surface area (Å²) in [6.45, 7) is 0.431. The van der Waals surface area contributed by atoms with Gasteiger partial charge >= 0.3 is 0 Å². The summed E-state index contributed by atoms with van der Waals surface area (Å²) in [4.78, 5) is 24.6. The van der Waals surface area contributed by atoms with E-state index in [2.05, 4.69) is 9.97 Å². The van der Waals surface area contributed by atoms with Gasteiger partial charge in [-0.15, -0.1) is 11.3 Å². The fourth-order valence-corrected chi connectivity index (χ4v) is 5.06. The minimum Gasteiger partial charge on any atom is -0.388 e. The Labute approximate surface area is 141 Å². The molecule has 1 amide bonds. The fraction of sp³-hybridized carbons (Fsp3) is 0.533. The number of halogens is 1. The standard InChI is InChI=1S/C15H16ClN3O3S/c16-13-12-8-2-1-7(3-11(8)23-14(12)18-6-17-13)15(22)19-4-9(20)10(21)5-19/h6-7,9-10,20-21H,1-5H2/t7-,9+,10+/m0/s1. The first-order chi connectivity index (χ1) is 11.0. The Morgan fingerprint density at radius 3 is 2.78 bits per heavy atom. The number of fused-ring (bicyclic) bond motifs is 3. The Morgan fingerprint density at radius 2 is 2.04 bits per heavy atom. The molecule has 4 rings (SSSR count). The van der Waals surface area contributed by atoms with Crippen molar-refractivity contribution in [2.24, 2.45) is 5.92 Å². The number of likely N-dealkylation sites (tertiary alicyclic amines) is 1. The lowest BCUT2D eigenvalue weighted by Gasteiger charge is -2.26. The van der Waals surface area contributed by atoms with E-state index >= 15 is 0 Å². The van der Waals surface area contributed by atoms with E-state index in [1.54, 1.807) is 16.2 Å². The van der Waals surface area contributed by atoms with Gasteiger partial charge in [-0.3, -0.25) is 4.79 Å². The Hall–Kier alpha value is -1.28. The molecule has 8 heteroatoms. The molecule has 2 N–H and O–H groups in total. The van der Waals surface area contributed by atoms with Crippen LogP contribution >= 0.6 is 22.9 Å². The van der Waals surface area contributed by atoms with Crippen LogP contribution in [-0.2, 0) is 17.6 Å². The molecule has 23 heavy (non-hydrogen) atoms. The molecule has 1 aliphatic carbocycles. The van der Waals surface area contributed by atoms with Gasteiger partial charge in [0.1, 0.15) is 16.3 Å². The molecule has 1 saturated heterocycles. The van der Waals surface area contributed by atoms with E-state index in [4.69, 9.17) is 11.6 Å². The lowest BCUT2D eigenvalue weighted by molar-refractivity contribution is -0.135. The number of rotatable bonds is 1. The molecule has 1 fully saturated rings. The average molecular weight is 354 g/mol. The molecule has 0 saturated carbocycles. The molecule has 2 aromatic heterocycles. The lowest BCUT2D eigenvalue weighted by atomic mass is 9.87. The summed E-state index contributed by atoms with van der Waals surface area (Å²) >= 11 is 7.77. The number of thiophene rings is 1. The molecule has 0 spiro atoms. The highest BCUT2D eigenvalue weighted by molar-refractivity contribution is 7.19. The van der Waals surface area contributed by atoms with E-state index < -0.39 is 12.2 Å². The van der Waals surface area contributed by atoms with Gasteiger partial charge in [0.15, 0.2) is 0 Å². The second kappa shape index (κ2) is 5.66. The molecule has 6 nitrogen and oxygen atoms in total. The van der Waals surface area contributed by atoms with Crippen LogP contribution in [0.15, 0.2) is 6.33 Å². The number of nitrogens with zero attached hydrogens (tertiary/aromatic N) is 3. The van der Waals surface area contributed by atoms with Crippen LogP contribution in [0.3, 0.4) is 0 Å². The van der Waals surface area contributed by atoms with Crippen molar-refractivity contribution in [1.29, 1.82) is 0 Å². The van der Waals surface area contributed by atoms with Crippen LogP contribution in [0.2, 0.25) is 5.15 Å². The third-order valence-corrected chi connectivity index (χ3v) is 6.17. The zero-order valence-corrected chi connectivity index (χ0v) is 13.8. The van der Waals surface area contributed by atoms with E-state index in [1.807, 2.05) is 0 Å². The van der Waals surface area contributed by atoms with Gasteiger partial charge in [0.2, 0.25) is 5.91 Å². The van der Waals surface area contributed by atoms with Crippen LogP contribution in [0, 0.1) is 5.92 Å². The van der Waals surface area contributed by atoms with E-state index in [0.29, 0.717) is 11.6 Å². The second-order valence-corrected chi connectivity index (χ2v) is 7.61. The zero-order chi connectivity index (χ0) is 16.1. The largest absolute Gasteiger partial charge is 0.388 e. The minimum atomic E-state index is -0.837. The number of aromatic nitrogens is 2. The van der Waals surface area contributed by atoms with Crippen molar-refractivity contribution in [3.63, 3.8) is 0 Å². The van der Waals surface area contributed by atoms with Crippen molar-refractivity contribution in [1.82, 2.24) is 14.9 Å². The van der Waals surface area contributed by atoms with E-state index in [9.17, 15) is 15.0 Å². The number of amides is 1. The number of aliphatic hydroxyl groups is 2. The predicted molar refractivity (Wildman–Crippen MR) is 86.5 cm³/mol. The Morgan fingerprint density at radius 1 is 1.30 bits per heavy atom. The average Bonchev–Trinajstić information content (AvgIpc) is 3.07. The summed E-state index contributed by atoms with van der Waals surface area (Å²) in [5, 5.41) is 20.7. The van der Waals surface area contributed by atoms with Crippen LogP contribution in [-0.4, -0.2) is 56.3 Å². The number of aryl methyl sites for hydroxylation is 1. The van der Waals surface area contributed by atoms with Gasteiger partial charge in [0, 0.05) is 23.9 Å². The third kappa shape index (κ3) is 2.52. The summed E-state index contributed by atoms with van der Waals surface area (Å²) < 4.78 is 0. The first-order valence-corrected chi connectivity index (χ1v) is 8.79. The maximum absolute atomic E-state index is 12.6.